The van der Waals surface area contributed by atoms with Crippen molar-refractivity contribution in [2.45, 2.75) is 32.2 Å². The van der Waals surface area contributed by atoms with E-state index in [1.807, 2.05) is 16.9 Å². The van der Waals surface area contributed by atoms with Gasteiger partial charge in [0.15, 0.2) is 0 Å². The molecule has 1 N–H and O–H groups in total. The molecule has 0 bridgehead atoms. The Morgan fingerprint density at radius 3 is 2.90 bits per heavy atom. The fourth-order valence-electron chi connectivity index (χ4n) is 4.12. The Kier molecular flexibility index (Phi) is 6.54. The van der Waals surface area contributed by atoms with Gasteiger partial charge in [-0.25, -0.2) is 9.07 Å². The maximum atomic E-state index is 13.7. The van der Waals surface area contributed by atoms with Crippen LogP contribution in [0, 0.1) is 11.7 Å². The quantitative estimate of drug-likeness (QED) is 0.622. The summed E-state index contributed by atoms with van der Waals surface area (Å²) in [7, 11) is 0. The Hall–Kier alpha value is -2.99. The average molecular weight is 407 g/mol. The molecular formula is C24H27FN4O. The molecule has 5 nitrogen and oxygen atoms in total. The monoisotopic (exact) mass is 406 g/mol. The van der Waals surface area contributed by atoms with E-state index in [-0.39, 0.29) is 11.6 Å². The van der Waals surface area contributed by atoms with Crippen LogP contribution in [-0.2, 0) is 11.3 Å². The molecule has 1 aliphatic heterocycles. The van der Waals surface area contributed by atoms with Crippen LogP contribution in [0.1, 0.15) is 31.2 Å². The van der Waals surface area contributed by atoms with Crippen LogP contribution < -0.4 is 5.32 Å². The molecule has 0 spiro atoms. The summed E-state index contributed by atoms with van der Waals surface area (Å²) in [6.07, 6.45) is 7.24. The van der Waals surface area contributed by atoms with Crippen molar-refractivity contribution in [3.05, 3.63) is 78.4 Å². The lowest BCUT2D eigenvalue weighted by Crippen LogP contribution is -2.35. The molecule has 0 saturated carbocycles. The normalized spacial score (nSPS) is 17.0. The number of rotatable bonds is 7. The largest absolute Gasteiger partial charge is 0.324 e. The fourth-order valence-corrected chi connectivity index (χ4v) is 4.12. The van der Waals surface area contributed by atoms with Crippen LogP contribution in [0.25, 0.3) is 5.69 Å². The average Bonchev–Trinajstić information content (AvgIpc) is 3.30. The summed E-state index contributed by atoms with van der Waals surface area (Å²) in [6, 6.07) is 16.7. The highest BCUT2D eigenvalue weighted by atomic mass is 19.1. The number of halogens is 1. The number of para-hydroxylation sites is 1. The van der Waals surface area contributed by atoms with Crippen LogP contribution in [-0.4, -0.2) is 33.7 Å². The molecule has 2 heterocycles. The molecule has 1 amide bonds. The fraction of sp³-hybridized carbons (Fsp3) is 0.333. The molecule has 0 unspecified atom stereocenters. The second-order valence-electron chi connectivity index (χ2n) is 7.93. The molecule has 1 aromatic heterocycles. The van der Waals surface area contributed by atoms with Crippen molar-refractivity contribution in [3.8, 4) is 5.69 Å². The SMILES string of the molecule is O=C(CC[C@@H]1CCCN(Cc2cccc(-n3cccn3)c2)C1)Nc1ccccc1F. The van der Waals surface area contributed by atoms with Crippen molar-refractivity contribution in [2.75, 3.05) is 18.4 Å². The van der Waals surface area contributed by atoms with Gasteiger partial charge in [-0.05, 0) is 67.6 Å². The van der Waals surface area contributed by atoms with Gasteiger partial charge in [0.1, 0.15) is 5.82 Å². The molecule has 1 atom stereocenters. The highest BCUT2D eigenvalue weighted by Gasteiger charge is 2.21. The van der Waals surface area contributed by atoms with Gasteiger partial charge in [0.05, 0.1) is 11.4 Å². The summed E-state index contributed by atoms with van der Waals surface area (Å²) in [4.78, 5) is 14.7. The zero-order valence-electron chi connectivity index (χ0n) is 17.0. The number of nitrogens with zero attached hydrogens (tertiary/aromatic N) is 3. The molecule has 1 fully saturated rings. The number of likely N-dealkylation sites (tertiary alicyclic amines) is 1. The Morgan fingerprint density at radius 2 is 2.07 bits per heavy atom. The second-order valence-corrected chi connectivity index (χ2v) is 7.93. The lowest BCUT2D eigenvalue weighted by Gasteiger charge is -2.32. The van der Waals surface area contributed by atoms with Gasteiger partial charge in [-0.3, -0.25) is 9.69 Å². The number of hydrogen-bond donors (Lipinski definition) is 1. The minimum Gasteiger partial charge on any atom is -0.324 e. The van der Waals surface area contributed by atoms with E-state index >= 15 is 0 Å². The number of benzene rings is 2. The molecule has 4 rings (SSSR count). The number of anilines is 1. The minimum absolute atomic E-state index is 0.121. The molecule has 1 saturated heterocycles. The minimum atomic E-state index is -0.396. The first kappa shape index (κ1) is 20.3. The van der Waals surface area contributed by atoms with Gasteiger partial charge in [-0.15, -0.1) is 0 Å². The van der Waals surface area contributed by atoms with Crippen molar-refractivity contribution in [2.24, 2.45) is 5.92 Å². The van der Waals surface area contributed by atoms with Crippen molar-refractivity contribution in [1.82, 2.24) is 14.7 Å². The van der Waals surface area contributed by atoms with Crippen molar-refractivity contribution < 1.29 is 9.18 Å². The summed E-state index contributed by atoms with van der Waals surface area (Å²) in [5.41, 5.74) is 2.58. The first-order valence-electron chi connectivity index (χ1n) is 10.5. The van der Waals surface area contributed by atoms with E-state index in [9.17, 15) is 9.18 Å². The van der Waals surface area contributed by atoms with Gasteiger partial charge in [0, 0.05) is 31.9 Å². The molecule has 0 radical (unpaired) electrons. The van der Waals surface area contributed by atoms with E-state index in [0.717, 1.165) is 44.6 Å². The van der Waals surface area contributed by atoms with E-state index in [1.54, 1.807) is 24.4 Å². The van der Waals surface area contributed by atoms with Crippen LogP contribution in [0.5, 0.6) is 0 Å². The van der Waals surface area contributed by atoms with Gasteiger partial charge < -0.3 is 5.32 Å². The zero-order chi connectivity index (χ0) is 20.8. The van der Waals surface area contributed by atoms with Crippen LogP contribution in [0.2, 0.25) is 0 Å². The zero-order valence-corrected chi connectivity index (χ0v) is 17.0. The lowest BCUT2D eigenvalue weighted by molar-refractivity contribution is -0.116. The highest BCUT2D eigenvalue weighted by Crippen LogP contribution is 2.23. The maximum Gasteiger partial charge on any atom is 0.224 e. The Labute approximate surface area is 176 Å². The Morgan fingerprint density at radius 1 is 1.17 bits per heavy atom. The van der Waals surface area contributed by atoms with Crippen molar-refractivity contribution >= 4 is 11.6 Å². The number of nitrogens with one attached hydrogen (secondary N) is 1. The van der Waals surface area contributed by atoms with Crippen LogP contribution in [0.15, 0.2) is 67.0 Å². The predicted molar refractivity (Wildman–Crippen MR) is 116 cm³/mol. The van der Waals surface area contributed by atoms with Crippen LogP contribution >= 0.6 is 0 Å². The number of piperidine rings is 1. The number of amides is 1. The summed E-state index contributed by atoms with van der Waals surface area (Å²) in [5.74, 6) is -0.0319. The van der Waals surface area contributed by atoms with Crippen molar-refractivity contribution in [1.29, 1.82) is 0 Å². The maximum absolute atomic E-state index is 13.7. The molecule has 156 valence electrons. The highest BCUT2D eigenvalue weighted by molar-refractivity contribution is 5.90. The summed E-state index contributed by atoms with van der Waals surface area (Å²) >= 11 is 0. The van der Waals surface area contributed by atoms with Gasteiger partial charge in [-0.1, -0.05) is 24.3 Å². The van der Waals surface area contributed by atoms with Crippen LogP contribution in [0.4, 0.5) is 10.1 Å². The first-order chi connectivity index (χ1) is 14.7. The lowest BCUT2D eigenvalue weighted by atomic mass is 9.93. The van der Waals surface area contributed by atoms with E-state index in [2.05, 4.69) is 39.6 Å². The van der Waals surface area contributed by atoms with Crippen LogP contribution in [0.3, 0.4) is 0 Å². The van der Waals surface area contributed by atoms with Gasteiger partial charge in [-0.2, -0.15) is 5.10 Å². The third-order valence-corrected chi connectivity index (χ3v) is 5.62. The number of aromatic nitrogens is 2. The van der Waals surface area contributed by atoms with Gasteiger partial charge in [0.25, 0.3) is 0 Å². The summed E-state index contributed by atoms with van der Waals surface area (Å²) in [6.45, 7) is 2.95. The van der Waals surface area contributed by atoms with E-state index in [1.165, 1.54) is 11.6 Å². The second kappa shape index (κ2) is 9.67. The number of carbonyl (C=O) groups is 1. The van der Waals surface area contributed by atoms with Gasteiger partial charge >= 0.3 is 0 Å². The summed E-state index contributed by atoms with van der Waals surface area (Å²) < 4.78 is 15.6. The first-order valence-corrected chi connectivity index (χ1v) is 10.5. The molecule has 6 heteroatoms. The summed E-state index contributed by atoms with van der Waals surface area (Å²) in [5, 5.41) is 6.99. The number of carbonyl (C=O) groups excluding carboxylic acids is 1. The molecule has 1 aliphatic rings. The third-order valence-electron chi connectivity index (χ3n) is 5.62. The third kappa shape index (κ3) is 5.33. The molecule has 3 aromatic rings. The molecule has 2 aromatic carbocycles. The molecule has 0 aliphatic carbocycles. The number of hydrogen-bond acceptors (Lipinski definition) is 3. The topological polar surface area (TPSA) is 50.2 Å². The molecular weight excluding hydrogens is 379 g/mol. The van der Waals surface area contributed by atoms with E-state index in [4.69, 9.17) is 0 Å². The smallest absolute Gasteiger partial charge is 0.224 e. The Balaban J connectivity index is 1.28. The Bertz CT molecular complexity index is 973. The van der Waals surface area contributed by atoms with Crippen molar-refractivity contribution in [3.63, 3.8) is 0 Å². The predicted octanol–water partition coefficient (Wildman–Crippen LogP) is 4.64. The van der Waals surface area contributed by atoms with E-state index < -0.39 is 5.82 Å². The van der Waals surface area contributed by atoms with Gasteiger partial charge in [0.2, 0.25) is 5.91 Å². The standard InChI is InChI=1S/C24H27FN4O/c25-22-9-1-2-10-23(22)27-24(30)12-11-19-7-4-14-28(17-19)18-20-6-3-8-21(16-20)29-15-5-13-26-29/h1-3,5-6,8-10,13,15-16,19H,4,7,11-12,14,17-18H2,(H,27,30)/t19-/m0/s1. The molecule has 30 heavy (non-hydrogen) atoms. The van der Waals surface area contributed by atoms with E-state index in [0.29, 0.717) is 12.3 Å².